The molecule has 1 aliphatic heterocycles. The van der Waals surface area contributed by atoms with E-state index in [1.165, 1.54) is 12.8 Å². The van der Waals surface area contributed by atoms with E-state index in [0.717, 1.165) is 50.5 Å². The van der Waals surface area contributed by atoms with Gasteiger partial charge in [-0.2, -0.15) is 0 Å². The molecule has 6 heteroatoms. The number of hydrogen-bond acceptors (Lipinski definition) is 6. The number of unbranched alkanes of at least 4 members (excludes halogenated alkanes) is 3. The Bertz CT molecular complexity index is 985. The van der Waals surface area contributed by atoms with E-state index in [-0.39, 0.29) is 34.9 Å². The van der Waals surface area contributed by atoms with E-state index in [9.17, 15) is 25.2 Å². The van der Waals surface area contributed by atoms with Crippen LogP contribution in [-0.4, -0.2) is 61.3 Å². The Balaban J connectivity index is 1.46. The normalized spacial score (nSPS) is 46.5. The van der Waals surface area contributed by atoms with Gasteiger partial charge in [-0.1, -0.05) is 53.4 Å². The number of rotatable bonds is 9. The number of hydrogen-bond donors (Lipinski definition) is 4. The standard InChI is InChI=1S/C33H54O6/c1-7-8-9-10-14-32-16-11-21(34)18-24(32)25(35)19-23-22(32)12-15-29(4)26(13-17-33(23,29)38)31(6,37)28-27(39-28)30(5,36)20(2)3/h19-22,24,26-28,34,36-38H,7-18H2,1-6H3. The van der Waals surface area contributed by atoms with E-state index < -0.39 is 40.5 Å². The van der Waals surface area contributed by atoms with E-state index in [4.69, 9.17) is 4.74 Å². The highest BCUT2D eigenvalue weighted by Gasteiger charge is 2.72. The van der Waals surface area contributed by atoms with E-state index in [2.05, 4.69) is 13.8 Å². The Morgan fingerprint density at radius 1 is 1.03 bits per heavy atom. The lowest BCUT2D eigenvalue weighted by Crippen LogP contribution is -2.62. The van der Waals surface area contributed by atoms with E-state index >= 15 is 0 Å². The summed E-state index contributed by atoms with van der Waals surface area (Å²) in [6.45, 7) is 11.9. The van der Waals surface area contributed by atoms with Crippen molar-refractivity contribution >= 4 is 5.78 Å². The molecular weight excluding hydrogens is 492 g/mol. The molecule has 1 saturated heterocycles. The molecule has 4 aliphatic carbocycles. The zero-order chi connectivity index (χ0) is 28.6. The third kappa shape index (κ3) is 4.33. The molecule has 6 nitrogen and oxygen atoms in total. The molecule has 0 radical (unpaired) electrons. The van der Waals surface area contributed by atoms with Crippen molar-refractivity contribution in [3.8, 4) is 0 Å². The Morgan fingerprint density at radius 2 is 1.74 bits per heavy atom. The highest BCUT2D eigenvalue weighted by molar-refractivity contribution is 5.95. The van der Waals surface area contributed by atoms with Crippen molar-refractivity contribution in [1.29, 1.82) is 0 Å². The largest absolute Gasteiger partial charge is 0.393 e. The molecule has 0 aromatic carbocycles. The van der Waals surface area contributed by atoms with E-state index in [0.29, 0.717) is 19.3 Å². The first-order valence-electron chi connectivity index (χ1n) is 15.9. The van der Waals surface area contributed by atoms with Crippen molar-refractivity contribution in [2.75, 3.05) is 0 Å². The highest BCUT2D eigenvalue weighted by atomic mass is 16.6. The van der Waals surface area contributed by atoms with Gasteiger partial charge in [-0.25, -0.2) is 0 Å². The van der Waals surface area contributed by atoms with Gasteiger partial charge in [0.15, 0.2) is 5.78 Å². The summed E-state index contributed by atoms with van der Waals surface area (Å²) in [5.41, 5.74) is -3.26. The molecule has 0 bridgehead atoms. The average Bonchev–Trinajstić information content (AvgIpc) is 3.64. The molecule has 0 spiro atoms. The van der Waals surface area contributed by atoms with Crippen LogP contribution in [0.3, 0.4) is 0 Å². The maximum absolute atomic E-state index is 13.8. The Kier molecular flexibility index (Phi) is 7.54. The number of ether oxygens (including phenoxy) is 1. The van der Waals surface area contributed by atoms with E-state index in [1.807, 2.05) is 20.8 Å². The van der Waals surface area contributed by atoms with Crippen LogP contribution in [0.25, 0.3) is 0 Å². The summed E-state index contributed by atoms with van der Waals surface area (Å²) >= 11 is 0. The van der Waals surface area contributed by atoms with Gasteiger partial charge in [0.05, 0.1) is 22.9 Å². The molecule has 4 N–H and O–H groups in total. The highest BCUT2D eigenvalue weighted by Crippen LogP contribution is 2.70. The van der Waals surface area contributed by atoms with Crippen molar-refractivity contribution in [1.82, 2.24) is 0 Å². The second kappa shape index (κ2) is 9.90. The minimum Gasteiger partial charge on any atom is -0.393 e. The lowest BCUT2D eigenvalue weighted by Gasteiger charge is -2.61. The lowest BCUT2D eigenvalue weighted by atomic mass is 9.44. The third-order valence-corrected chi connectivity index (χ3v) is 12.8. The number of carbonyl (C=O) groups excluding carboxylic acids is 1. The van der Waals surface area contributed by atoms with Crippen LogP contribution in [0.4, 0.5) is 0 Å². The molecule has 5 aliphatic rings. The van der Waals surface area contributed by atoms with Gasteiger partial charge in [-0.05, 0) is 100 Å². The van der Waals surface area contributed by atoms with Gasteiger partial charge in [-0.15, -0.1) is 0 Å². The number of carbonyl (C=O) groups is 1. The van der Waals surface area contributed by atoms with Gasteiger partial charge in [0.25, 0.3) is 0 Å². The zero-order valence-electron chi connectivity index (χ0n) is 25.2. The number of epoxide rings is 1. The summed E-state index contributed by atoms with van der Waals surface area (Å²) in [6, 6.07) is 0. The van der Waals surface area contributed by atoms with Gasteiger partial charge in [0.1, 0.15) is 12.2 Å². The molecule has 5 rings (SSSR count). The molecule has 4 fully saturated rings. The van der Waals surface area contributed by atoms with Gasteiger partial charge >= 0.3 is 0 Å². The van der Waals surface area contributed by atoms with Crippen molar-refractivity contribution in [2.45, 2.75) is 154 Å². The first-order valence-corrected chi connectivity index (χ1v) is 15.9. The fourth-order valence-electron chi connectivity index (χ4n) is 9.93. The van der Waals surface area contributed by atoms with Crippen LogP contribution >= 0.6 is 0 Å². The number of ketones is 1. The number of aliphatic hydroxyl groups excluding tert-OH is 1. The van der Waals surface area contributed by atoms with Crippen LogP contribution in [0, 0.1) is 34.5 Å². The monoisotopic (exact) mass is 546 g/mol. The van der Waals surface area contributed by atoms with Crippen LogP contribution in [0.1, 0.15) is 119 Å². The number of allylic oxidation sites excluding steroid dienone is 1. The first-order chi connectivity index (χ1) is 18.2. The van der Waals surface area contributed by atoms with Gasteiger partial charge in [-0.3, -0.25) is 4.79 Å². The molecule has 3 saturated carbocycles. The van der Waals surface area contributed by atoms with Crippen LogP contribution in [0.5, 0.6) is 0 Å². The minimum absolute atomic E-state index is 0.0104. The quantitative estimate of drug-likeness (QED) is 0.237. The molecule has 222 valence electrons. The van der Waals surface area contributed by atoms with Gasteiger partial charge in [0.2, 0.25) is 0 Å². The Labute approximate surface area is 235 Å². The molecule has 0 amide bonds. The summed E-state index contributed by atoms with van der Waals surface area (Å²) in [6.07, 6.45) is 11.0. The summed E-state index contributed by atoms with van der Waals surface area (Å²) in [4.78, 5) is 13.8. The molecule has 1 heterocycles. The molecule has 11 atom stereocenters. The van der Waals surface area contributed by atoms with Gasteiger partial charge < -0.3 is 25.2 Å². The van der Waals surface area contributed by atoms with Crippen LogP contribution in [-0.2, 0) is 9.53 Å². The summed E-state index contributed by atoms with van der Waals surface area (Å²) in [5.74, 6) is -0.159. The molecule has 11 unspecified atom stereocenters. The fourth-order valence-corrected chi connectivity index (χ4v) is 9.93. The number of aliphatic hydroxyl groups is 4. The lowest BCUT2D eigenvalue weighted by molar-refractivity contribution is -0.156. The summed E-state index contributed by atoms with van der Waals surface area (Å²) in [7, 11) is 0. The van der Waals surface area contributed by atoms with Crippen molar-refractivity contribution in [3.05, 3.63) is 11.6 Å². The molecule has 0 aromatic heterocycles. The van der Waals surface area contributed by atoms with Crippen molar-refractivity contribution in [3.63, 3.8) is 0 Å². The Hall–Kier alpha value is -0.790. The zero-order valence-corrected chi connectivity index (χ0v) is 25.2. The number of fused-ring (bicyclic) bond motifs is 5. The topological polar surface area (TPSA) is 111 Å². The van der Waals surface area contributed by atoms with Crippen molar-refractivity contribution in [2.24, 2.45) is 34.5 Å². The second-order valence-electron chi connectivity index (χ2n) is 15.1. The van der Waals surface area contributed by atoms with Crippen LogP contribution in [0.15, 0.2) is 11.6 Å². The molecule has 0 aromatic rings. The van der Waals surface area contributed by atoms with Crippen LogP contribution < -0.4 is 0 Å². The maximum Gasteiger partial charge on any atom is 0.159 e. The van der Waals surface area contributed by atoms with Crippen LogP contribution in [0.2, 0.25) is 0 Å². The second-order valence-corrected chi connectivity index (χ2v) is 15.1. The third-order valence-electron chi connectivity index (χ3n) is 12.8. The van der Waals surface area contributed by atoms with Gasteiger partial charge in [0, 0.05) is 11.3 Å². The summed E-state index contributed by atoms with van der Waals surface area (Å²) in [5, 5.41) is 46.2. The minimum atomic E-state index is -1.20. The fraction of sp³-hybridized carbons (Fsp3) is 0.909. The predicted molar refractivity (Wildman–Crippen MR) is 151 cm³/mol. The maximum atomic E-state index is 13.8. The SMILES string of the molecule is CCCCCCC12CCC(O)CC1C(=O)C=C1C2CCC2(C)C(C(C)(O)C3OC3C(C)(O)C(C)C)CCC12O. The molecule has 39 heavy (non-hydrogen) atoms. The molecular formula is C33H54O6. The first kappa shape index (κ1) is 29.7. The Morgan fingerprint density at radius 3 is 2.41 bits per heavy atom. The summed E-state index contributed by atoms with van der Waals surface area (Å²) < 4.78 is 5.99. The predicted octanol–water partition coefficient (Wildman–Crippen LogP) is 5.10. The smallest absolute Gasteiger partial charge is 0.159 e. The average molecular weight is 547 g/mol. The van der Waals surface area contributed by atoms with Crippen molar-refractivity contribution < 1.29 is 30.0 Å². The van der Waals surface area contributed by atoms with E-state index in [1.54, 1.807) is 13.0 Å².